The van der Waals surface area contributed by atoms with Crippen LogP contribution in [0.3, 0.4) is 0 Å². The molecule has 2 atom stereocenters. The summed E-state index contributed by atoms with van der Waals surface area (Å²) in [5.41, 5.74) is -1.14. The lowest BCUT2D eigenvalue weighted by molar-refractivity contribution is -0.148. The Hall–Kier alpha value is -1.49. The highest BCUT2D eigenvalue weighted by Gasteiger charge is 2.67. The van der Waals surface area contributed by atoms with E-state index in [4.69, 9.17) is 4.74 Å². The molecule has 2 unspecified atom stereocenters. The molecule has 2 aliphatic rings. The minimum Gasteiger partial charge on any atom is -0.479 e. The maximum absolute atomic E-state index is 11.7. The molecule has 1 aromatic carbocycles. The number of rotatable bonds is 2. The summed E-state index contributed by atoms with van der Waals surface area (Å²) in [6, 6.07) is 9.54. The first-order valence-corrected chi connectivity index (χ1v) is 6.88. The maximum Gasteiger partial charge on any atom is 0.337 e. The summed E-state index contributed by atoms with van der Waals surface area (Å²) < 4.78 is 5.87. The summed E-state index contributed by atoms with van der Waals surface area (Å²) in [4.78, 5) is 16.0. The van der Waals surface area contributed by atoms with E-state index in [2.05, 4.69) is 4.99 Å². The highest BCUT2D eigenvalue weighted by Crippen LogP contribution is 2.53. The number of ether oxygens (including phenoxy) is 1. The molecule has 94 valence electrons. The second kappa shape index (κ2) is 3.75. The van der Waals surface area contributed by atoms with Gasteiger partial charge in [0.15, 0.2) is 11.5 Å². The van der Waals surface area contributed by atoms with Crippen molar-refractivity contribution in [1.82, 2.24) is 0 Å². The van der Waals surface area contributed by atoms with Crippen molar-refractivity contribution in [2.45, 2.75) is 18.1 Å². The number of thioether (sulfide) groups is 1. The van der Waals surface area contributed by atoms with E-state index >= 15 is 0 Å². The molecule has 0 spiro atoms. The Labute approximate surface area is 109 Å². The smallest absolute Gasteiger partial charge is 0.337 e. The number of carbonyl (C=O) groups is 1. The number of hydrogen-bond acceptors (Lipinski definition) is 4. The van der Waals surface area contributed by atoms with Gasteiger partial charge < -0.3 is 9.84 Å². The van der Waals surface area contributed by atoms with Crippen LogP contribution in [-0.4, -0.2) is 34.0 Å². The van der Waals surface area contributed by atoms with E-state index in [1.807, 2.05) is 30.3 Å². The summed E-state index contributed by atoms with van der Waals surface area (Å²) in [6.07, 6.45) is 0. The Morgan fingerprint density at radius 1 is 1.39 bits per heavy atom. The van der Waals surface area contributed by atoms with Gasteiger partial charge in [-0.2, -0.15) is 11.8 Å². The van der Waals surface area contributed by atoms with Crippen LogP contribution in [0.15, 0.2) is 35.3 Å². The van der Waals surface area contributed by atoms with Gasteiger partial charge in [-0.1, -0.05) is 30.3 Å². The number of fused-ring (bicyclic) bond motifs is 1. The largest absolute Gasteiger partial charge is 0.479 e. The first-order valence-electron chi connectivity index (χ1n) is 5.73. The molecule has 1 N–H and O–H groups in total. The summed E-state index contributed by atoms with van der Waals surface area (Å²) >= 11 is 1.58. The molecule has 5 heteroatoms. The van der Waals surface area contributed by atoms with Gasteiger partial charge in [0.25, 0.3) is 0 Å². The van der Waals surface area contributed by atoms with Crippen molar-refractivity contribution in [3.63, 3.8) is 0 Å². The average Bonchev–Trinajstić information content (AvgIpc) is 2.83. The molecular weight excluding hydrogens is 250 g/mol. The van der Waals surface area contributed by atoms with E-state index in [9.17, 15) is 9.90 Å². The second-order valence-corrected chi connectivity index (χ2v) is 5.57. The van der Waals surface area contributed by atoms with Gasteiger partial charge in [-0.05, 0) is 5.56 Å². The predicted octanol–water partition coefficient (Wildman–Crippen LogP) is 1.90. The molecule has 2 heterocycles. The minimum atomic E-state index is -1.18. The minimum absolute atomic E-state index is 0.453. The fourth-order valence-electron chi connectivity index (χ4n) is 2.73. The number of carboxylic acids is 1. The number of carboxylic acid groups (broad SMARTS) is 1. The number of benzene rings is 1. The lowest BCUT2D eigenvalue weighted by atomic mass is 9.78. The van der Waals surface area contributed by atoms with E-state index in [1.165, 1.54) is 0 Å². The Bertz CT molecular complexity index is 530. The zero-order chi connectivity index (χ0) is 12.8. The van der Waals surface area contributed by atoms with Gasteiger partial charge in [0.2, 0.25) is 5.54 Å². The number of aliphatic carboxylic acids is 1. The van der Waals surface area contributed by atoms with E-state index in [0.717, 1.165) is 5.56 Å². The van der Waals surface area contributed by atoms with Crippen molar-refractivity contribution in [2.24, 2.45) is 4.99 Å². The standard InChI is InChI=1S/C13H13NO3S/c1-9-14-12(11(15)16)7-18-8-13(12,17-9)10-5-3-2-4-6-10/h2-6H,7-8H2,1H3,(H,15,16). The molecule has 0 saturated carbocycles. The monoisotopic (exact) mass is 263 g/mol. The molecule has 18 heavy (non-hydrogen) atoms. The molecule has 0 amide bonds. The van der Waals surface area contributed by atoms with Crippen LogP contribution in [-0.2, 0) is 15.1 Å². The quantitative estimate of drug-likeness (QED) is 0.885. The van der Waals surface area contributed by atoms with Crippen LogP contribution in [0.2, 0.25) is 0 Å². The third-order valence-corrected chi connectivity index (χ3v) is 4.78. The topological polar surface area (TPSA) is 58.9 Å². The van der Waals surface area contributed by atoms with Crippen molar-refractivity contribution in [2.75, 3.05) is 11.5 Å². The summed E-state index contributed by atoms with van der Waals surface area (Å²) in [5.74, 6) is 0.619. The molecule has 4 nitrogen and oxygen atoms in total. The Morgan fingerprint density at radius 3 is 2.78 bits per heavy atom. The van der Waals surface area contributed by atoms with Crippen LogP contribution in [0.5, 0.6) is 0 Å². The zero-order valence-corrected chi connectivity index (χ0v) is 10.7. The number of aliphatic imine (C=N–C) groups is 1. The maximum atomic E-state index is 11.7. The third-order valence-electron chi connectivity index (χ3n) is 3.55. The van der Waals surface area contributed by atoms with Gasteiger partial charge in [-0.25, -0.2) is 9.79 Å². The van der Waals surface area contributed by atoms with Crippen molar-refractivity contribution in [1.29, 1.82) is 0 Å². The fourth-order valence-corrected chi connectivity index (χ4v) is 4.30. The highest BCUT2D eigenvalue weighted by atomic mass is 32.2. The lowest BCUT2D eigenvalue weighted by Gasteiger charge is -2.33. The van der Waals surface area contributed by atoms with Gasteiger partial charge in [0.1, 0.15) is 0 Å². The average molecular weight is 263 g/mol. The molecule has 0 aliphatic carbocycles. The molecular formula is C13H13NO3S. The lowest BCUT2D eigenvalue weighted by Crippen LogP contribution is -2.53. The predicted molar refractivity (Wildman–Crippen MR) is 70.0 cm³/mol. The van der Waals surface area contributed by atoms with E-state index in [0.29, 0.717) is 17.4 Å². The normalized spacial score (nSPS) is 33.7. The molecule has 0 bridgehead atoms. The molecule has 0 radical (unpaired) electrons. The summed E-state index contributed by atoms with van der Waals surface area (Å²) in [5, 5.41) is 9.62. The Morgan fingerprint density at radius 2 is 2.11 bits per heavy atom. The third kappa shape index (κ3) is 1.28. The number of nitrogens with zero attached hydrogens (tertiary/aromatic N) is 1. The van der Waals surface area contributed by atoms with E-state index in [1.54, 1.807) is 18.7 Å². The summed E-state index contributed by atoms with van der Waals surface area (Å²) in [6.45, 7) is 1.72. The Kier molecular flexibility index (Phi) is 2.41. The molecule has 1 saturated heterocycles. The molecule has 1 aromatic rings. The SMILES string of the molecule is CC1=NC2(C(=O)O)CSCC2(c2ccccc2)O1. The molecule has 1 fully saturated rings. The first-order chi connectivity index (χ1) is 8.61. The van der Waals surface area contributed by atoms with Crippen molar-refractivity contribution < 1.29 is 14.6 Å². The van der Waals surface area contributed by atoms with Crippen LogP contribution in [0.4, 0.5) is 0 Å². The first kappa shape index (κ1) is 11.6. The van der Waals surface area contributed by atoms with Crippen molar-refractivity contribution in [3.8, 4) is 0 Å². The van der Waals surface area contributed by atoms with Gasteiger partial charge in [0.05, 0.1) is 0 Å². The van der Waals surface area contributed by atoms with Gasteiger partial charge in [-0.15, -0.1) is 0 Å². The molecule has 0 aromatic heterocycles. The fraction of sp³-hybridized carbons (Fsp3) is 0.385. The van der Waals surface area contributed by atoms with Crippen LogP contribution < -0.4 is 0 Å². The summed E-state index contributed by atoms with van der Waals surface area (Å²) in [7, 11) is 0. The molecule has 2 aliphatic heterocycles. The van der Waals surface area contributed by atoms with Crippen LogP contribution in [0, 0.1) is 0 Å². The Balaban J connectivity index is 2.19. The highest BCUT2D eigenvalue weighted by molar-refractivity contribution is 7.99. The van der Waals surface area contributed by atoms with Gasteiger partial charge in [0, 0.05) is 18.4 Å². The molecule has 3 rings (SSSR count). The number of hydrogen-bond donors (Lipinski definition) is 1. The van der Waals surface area contributed by atoms with Crippen LogP contribution >= 0.6 is 11.8 Å². The zero-order valence-electron chi connectivity index (χ0n) is 9.92. The van der Waals surface area contributed by atoms with Gasteiger partial charge >= 0.3 is 5.97 Å². The van der Waals surface area contributed by atoms with Crippen molar-refractivity contribution in [3.05, 3.63) is 35.9 Å². The van der Waals surface area contributed by atoms with Gasteiger partial charge in [-0.3, -0.25) is 0 Å². The van der Waals surface area contributed by atoms with E-state index < -0.39 is 17.1 Å². The second-order valence-electron chi connectivity index (χ2n) is 4.58. The van der Waals surface area contributed by atoms with Crippen molar-refractivity contribution >= 4 is 23.6 Å². The van der Waals surface area contributed by atoms with Crippen LogP contribution in [0.1, 0.15) is 12.5 Å². The van der Waals surface area contributed by atoms with E-state index in [-0.39, 0.29) is 0 Å². The van der Waals surface area contributed by atoms with Crippen LogP contribution in [0.25, 0.3) is 0 Å².